The maximum Gasteiger partial charge on any atom is 0.160 e. The lowest BCUT2D eigenvalue weighted by atomic mass is 10.7. The van der Waals surface area contributed by atoms with E-state index in [1.54, 1.807) is 7.05 Å². The molecule has 0 atom stereocenters. The highest BCUT2D eigenvalue weighted by atomic mass is 15.3. The Hall–Kier alpha value is -1.06. The van der Waals surface area contributed by atoms with Gasteiger partial charge in [0.15, 0.2) is 5.84 Å². The maximum atomic E-state index is 6.49. The lowest BCUT2D eigenvalue weighted by molar-refractivity contribution is 0.901. The van der Waals surface area contributed by atoms with Gasteiger partial charge in [0, 0.05) is 7.05 Å². The Labute approximate surface area is 41.9 Å². The van der Waals surface area contributed by atoms with Crippen molar-refractivity contribution in [2.45, 2.75) is 0 Å². The van der Waals surface area contributed by atoms with Gasteiger partial charge in [-0.25, -0.2) is 0 Å². The first kappa shape index (κ1) is 5.94. The summed E-state index contributed by atoms with van der Waals surface area (Å²) in [6, 6.07) is 0. The minimum Gasteiger partial charge on any atom is -0.381 e. The molecule has 4 heteroatoms. The van der Waals surface area contributed by atoms with Crippen LogP contribution in [0.3, 0.4) is 0 Å². The number of hydrogen-bond acceptors (Lipinski definition) is 3. The third-order valence-electron chi connectivity index (χ3n) is 0.389. The molecular formula is C3H8N4. The van der Waals surface area contributed by atoms with E-state index < -0.39 is 0 Å². The summed E-state index contributed by atoms with van der Waals surface area (Å²) >= 11 is 0. The molecule has 0 fully saturated rings. The number of amidine groups is 1. The second kappa shape index (κ2) is 3.14. The standard InChI is InChI=1S/C3H8N4/c1-6-7-3(5)2-4/h2,4,6H,1H3,(H2,5,7). The van der Waals surface area contributed by atoms with E-state index in [1.165, 1.54) is 0 Å². The Bertz CT molecular complexity index is 84.9. The molecule has 0 aliphatic heterocycles. The van der Waals surface area contributed by atoms with Crippen molar-refractivity contribution in [3.63, 3.8) is 0 Å². The van der Waals surface area contributed by atoms with Crippen molar-refractivity contribution in [2.24, 2.45) is 10.8 Å². The Kier molecular flexibility index (Phi) is 2.67. The van der Waals surface area contributed by atoms with Gasteiger partial charge in [-0.05, 0) is 0 Å². The molecular weight excluding hydrogens is 92.1 g/mol. The highest BCUT2D eigenvalue weighted by Crippen LogP contribution is 1.51. The normalized spacial score (nSPS) is 10.7. The van der Waals surface area contributed by atoms with Crippen molar-refractivity contribution < 1.29 is 0 Å². The van der Waals surface area contributed by atoms with Crippen LogP contribution >= 0.6 is 0 Å². The van der Waals surface area contributed by atoms with Gasteiger partial charge < -0.3 is 16.6 Å². The van der Waals surface area contributed by atoms with Crippen molar-refractivity contribution >= 4 is 12.1 Å². The summed E-state index contributed by atoms with van der Waals surface area (Å²) in [5.74, 6) is 0.183. The molecule has 0 unspecified atom stereocenters. The van der Waals surface area contributed by atoms with E-state index in [2.05, 4.69) is 10.5 Å². The summed E-state index contributed by atoms with van der Waals surface area (Å²) in [6.07, 6.45) is 0.969. The molecule has 0 aromatic rings. The van der Waals surface area contributed by atoms with Crippen LogP contribution in [-0.4, -0.2) is 19.1 Å². The maximum absolute atomic E-state index is 6.49. The van der Waals surface area contributed by atoms with Crippen LogP contribution in [0.4, 0.5) is 0 Å². The number of nitrogens with zero attached hydrogens (tertiary/aromatic N) is 1. The average molecular weight is 100 g/mol. The van der Waals surface area contributed by atoms with Crippen LogP contribution < -0.4 is 11.2 Å². The van der Waals surface area contributed by atoms with E-state index in [4.69, 9.17) is 11.1 Å². The van der Waals surface area contributed by atoms with Crippen molar-refractivity contribution in [3.8, 4) is 0 Å². The molecule has 7 heavy (non-hydrogen) atoms. The molecule has 40 valence electrons. The first-order valence-electron chi connectivity index (χ1n) is 1.81. The summed E-state index contributed by atoms with van der Waals surface area (Å²) in [7, 11) is 1.62. The van der Waals surface area contributed by atoms with Crippen molar-refractivity contribution in [1.82, 2.24) is 5.43 Å². The summed E-state index contributed by atoms with van der Waals surface area (Å²) in [6.45, 7) is 0. The van der Waals surface area contributed by atoms with Crippen molar-refractivity contribution in [2.75, 3.05) is 7.05 Å². The second-order valence-electron chi connectivity index (χ2n) is 0.905. The Morgan fingerprint density at radius 1 is 2.00 bits per heavy atom. The monoisotopic (exact) mass is 100 g/mol. The quantitative estimate of drug-likeness (QED) is 0.239. The minimum atomic E-state index is 0.183. The van der Waals surface area contributed by atoms with Gasteiger partial charge in [0.25, 0.3) is 0 Å². The van der Waals surface area contributed by atoms with Crippen molar-refractivity contribution in [3.05, 3.63) is 0 Å². The van der Waals surface area contributed by atoms with Gasteiger partial charge in [0.1, 0.15) is 0 Å². The van der Waals surface area contributed by atoms with Crippen LogP contribution in [0, 0.1) is 5.41 Å². The number of rotatable bonds is 2. The SMILES string of the molecule is CNN=C(N)C=N. The minimum absolute atomic E-state index is 0.183. The molecule has 4 nitrogen and oxygen atoms in total. The highest BCUT2D eigenvalue weighted by molar-refractivity contribution is 6.27. The number of hydrogen-bond donors (Lipinski definition) is 3. The van der Waals surface area contributed by atoms with Crippen LogP contribution in [0.2, 0.25) is 0 Å². The van der Waals surface area contributed by atoms with Crippen LogP contribution in [0.25, 0.3) is 0 Å². The van der Waals surface area contributed by atoms with Gasteiger partial charge in [-0.15, -0.1) is 0 Å². The van der Waals surface area contributed by atoms with E-state index in [-0.39, 0.29) is 5.84 Å². The predicted molar refractivity (Wildman–Crippen MR) is 29.5 cm³/mol. The molecule has 0 aliphatic carbocycles. The summed E-state index contributed by atoms with van der Waals surface area (Å²) in [5, 5.41) is 9.94. The third-order valence-corrected chi connectivity index (χ3v) is 0.389. The van der Waals surface area contributed by atoms with Gasteiger partial charge in [0.2, 0.25) is 0 Å². The Morgan fingerprint density at radius 3 is 2.71 bits per heavy atom. The predicted octanol–water partition coefficient (Wildman–Crippen LogP) is -0.872. The highest BCUT2D eigenvalue weighted by Gasteiger charge is 1.74. The first-order valence-corrected chi connectivity index (χ1v) is 1.81. The van der Waals surface area contributed by atoms with E-state index in [9.17, 15) is 0 Å². The molecule has 0 radical (unpaired) electrons. The molecule has 0 saturated carbocycles. The van der Waals surface area contributed by atoms with Gasteiger partial charge in [-0.1, -0.05) is 0 Å². The van der Waals surface area contributed by atoms with Crippen LogP contribution in [0.1, 0.15) is 0 Å². The van der Waals surface area contributed by atoms with E-state index in [1.807, 2.05) is 0 Å². The fourth-order valence-corrected chi connectivity index (χ4v) is 0.161. The fraction of sp³-hybridized carbons (Fsp3) is 0.333. The van der Waals surface area contributed by atoms with Crippen LogP contribution in [-0.2, 0) is 0 Å². The zero-order chi connectivity index (χ0) is 5.70. The summed E-state index contributed by atoms with van der Waals surface area (Å²) in [4.78, 5) is 0. The summed E-state index contributed by atoms with van der Waals surface area (Å²) in [5.41, 5.74) is 7.46. The molecule has 0 aromatic heterocycles. The zero-order valence-electron chi connectivity index (χ0n) is 4.10. The topological polar surface area (TPSA) is 74.3 Å². The lowest BCUT2D eigenvalue weighted by Crippen LogP contribution is -2.16. The van der Waals surface area contributed by atoms with Gasteiger partial charge in [-0.3, -0.25) is 0 Å². The molecule has 0 aromatic carbocycles. The zero-order valence-corrected chi connectivity index (χ0v) is 4.10. The van der Waals surface area contributed by atoms with Gasteiger partial charge in [-0.2, -0.15) is 5.10 Å². The van der Waals surface area contributed by atoms with E-state index >= 15 is 0 Å². The molecule has 0 rings (SSSR count). The molecule has 0 spiro atoms. The van der Waals surface area contributed by atoms with Gasteiger partial charge >= 0.3 is 0 Å². The number of nitrogens with one attached hydrogen (secondary N) is 2. The van der Waals surface area contributed by atoms with Crippen LogP contribution in [0.15, 0.2) is 5.10 Å². The largest absolute Gasteiger partial charge is 0.381 e. The van der Waals surface area contributed by atoms with E-state index in [0.717, 1.165) is 6.21 Å². The van der Waals surface area contributed by atoms with Gasteiger partial charge in [0.05, 0.1) is 6.21 Å². The second-order valence-corrected chi connectivity index (χ2v) is 0.905. The summed E-state index contributed by atoms with van der Waals surface area (Å²) < 4.78 is 0. The Morgan fingerprint density at radius 2 is 2.57 bits per heavy atom. The fourth-order valence-electron chi connectivity index (χ4n) is 0.161. The smallest absolute Gasteiger partial charge is 0.160 e. The molecule has 0 amide bonds. The third kappa shape index (κ3) is 2.75. The molecule has 0 aliphatic rings. The number of hydrazone groups is 1. The molecule has 0 bridgehead atoms. The molecule has 0 heterocycles. The van der Waals surface area contributed by atoms with Crippen molar-refractivity contribution in [1.29, 1.82) is 5.41 Å². The van der Waals surface area contributed by atoms with E-state index in [0.29, 0.717) is 0 Å². The average Bonchev–Trinajstić information content (AvgIpc) is 1.68. The number of nitrogens with two attached hydrogens (primary N) is 1. The first-order chi connectivity index (χ1) is 3.31. The molecule has 4 N–H and O–H groups in total. The molecule has 0 saturated heterocycles. The lowest BCUT2D eigenvalue weighted by Gasteiger charge is -1.85. The Balaban J connectivity index is 3.49. The van der Waals surface area contributed by atoms with Crippen LogP contribution in [0.5, 0.6) is 0 Å².